The van der Waals surface area contributed by atoms with Gasteiger partial charge < -0.3 is 23.4 Å². The van der Waals surface area contributed by atoms with Crippen LogP contribution in [0.15, 0.2) is 70.9 Å². The molecule has 0 unspecified atom stereocenters. The number of barbiturate groups is 1. The Balaban J connectivity index is 1.38. The summed E-state index contributed by atoms with van der Waals surface area (Å²) in [7, 11) is 3.09. The van der Waals surface area contributed by atoms with Crippen LogP contribution in [0.5, 0.6) is 23.0 Å². The third-order valence-corrected chi connectivity index (χ3v) is 5.43. The Morgan fingerprint density at radius 3 is 2.46 bits per heavy atom. The molecule has 10 nitrogen and oxygen atoms in total. The standard InChI is InChI=1S/C27H26N2O8/c1-33-19-6-3-7-20(16-19)35-12-5-13-37-23-10-9-18(15-24(23)34-2)14-22-25(30)28-27(32)29(26(22)31)17-21-8-4-11-36-21/h3-4,6-11,14-16H,5,12-13,17H2,1-2H3,(H,28,30,32). The molecule has 3 aromatic rings. The van der Waals surface area contributed by atoms with E-state index in [4.69, 9.17) is 23.4 Å². The Labute approximate surface area is 213 Å². The number of methoxy groups -OCH3 is 2. The summed E-state index contributed by atoms with van der Waals surface area (Å²) >= 11 is 0. The molecule has 0 aliphatic carbocycles. The van der Waals surface area contributed by atoms with Gasteiger partial charge in [0, 0.05) is 12.5 Å². The second-order valence-electron chi connectivity index (χ2n) is 7.93. The smallest absolute Gasteiger partial charge is 0.331 e. The van der Waals surface area contributed by atoms with Gasteiger partial charge in [-0.3, -0.25) is 19.8 Å². The number of amides is 4. The molecule has 0 saturated carbocycles. The largest absolute Gasteiger partial charge is 0.497 e. The topological polar surface area (TPSA) is 117 Å². The van der Waals surface area contributed by atoms with Crippen LogP contribution >= 0.6 is 0 Å². The van der Waals surface area contributed by atoms with Crippen LogP contribution in [0, 0.1) is 0 Å². The van der Waals surface area contributed by atoms with Gasteiger partial charge in [-0.1, -0.05) is 12.1 Å². The van der Waals surface area contributed by atoms with Crippen molar-refractivity contribution in [1.82, 2.24) is 10.2 Å². The molecule has 1 fully saturated rings. The number of nitrogens with one attached hydrogen (secondary N) is 1. The van der Waals surface area contributed by atoms with Crippen molar-refractivity contribution in [2.75, 3.05) is 27.4 Å². The molecule has 0 radical (unpaired) electrons. The van der Waals surface area contributed by atoms with Crippen LogP contribution in [-0.4, -0.2) is 50.2 Å². The van der Waals surface area contributed by atoms with Gasteiger partial charge >= 0.3 is 6.03 Å². The van der Waals surface area contributed by atoms with E-state index >= 15 is 0 Å². The predicted molar refractivity (Wildman–Crippen MR) is 132 cm³/mol. The van der Waals surface area contributed by atoms with Crippen LogP contribution in [0.4, 0.5) is 4.79 Å². The number of furan rings is 1. The highest BCUT2D eigenvalue weighted by atomic mass is 16.5. The molecular formula is C27H26N2O8. The first-order valence-corrected chi connectivity index (χ1v) is 11.5. The number of carbonyl (C=O) groups excluding carboxylic acids is 3. The molecule has 10 heteroatoms. The molecule has 0 spiro atoms. The molecule has 1 aromatic heterocycles. The van der Waals surface area contributed by atoms with E-state index in [0.717, 1.165) is 10.6 Å². The van der Waals surface area contributed by atoms with E-state index in [-0.39, 0.29) is 12.1 Å². The molecular weight excluding hydrogens is 480 g/mol. The third-order valence-electron chi connectivity index (χ3n) is 5.43. The maximum atomic E-state index is 12.9. The zero-order valence-corrected chi connectivity index (χ0v) is 20.4. The molecule has 1 aliphatic rings. The number of carbonyl (C=O) groups is 3. The fraction of sp³-hybridized carbons (Fsp3) is 0.222. The quantitative estimate of drug-likeness (QED) is 0.237. The van der Waals surface area contributed by atoms with Crippen LogP contribution in [-0.2, 0) is 16.1 Å². The summed E-state index contributed by atoms with van der Waals surface area (Å²) in [6, 6.07) is 14.8. The van der Waals surface area contributed by atoms with Gasteiger partial charge in [0.1, 0.15) is 22.8 Å². The molecule has 1 aliphatic heterocycles. The number of hydrogen-bond donors (Lipinski definition) is 1. The zero-order chi connectivity index (χ0) is 26.2. The van der Waals surface area contributed by atoms with Crippen LogP contribution in [0.3, 0.4) is 0 Å². The normalized spacial score (nSPS) is 14.5. The lowest BCUT2D eigenvalue weighted by Crippen LogP contribution is -2.53. The predicted octanol–water partition coefficient (Wildman–Crippen LogP) is 3.81. The van der Waals surface area contributed by atoms with Crippen molar-refractivity contribution in [3.05, 3.63) is 77.8 Å². The van der Waals surface area contributed by atoms with E-state index in [9.17, 15) is 14.4 Å². The molecule has 1 saturated heterocycles. The minimum Gasteiger partial charge on any atom is -0.497 e. The molecule has 4 rings (SSSR count). The van der Waals surface area contributed by atoms with Crippen LogP contribution in [0.25, 0.3) is 6.08 Å². The van der Waals surface area contributed by atoms with E-state index in [1.165, 1.54) is 19.4 Å². The molecule has 192 valence electrons. The average molecular weight is 507 g/mol. The van der Waals surface area contributed by atoms with E-state index < -0.39 is 17.8 Å². The summed E-state index contributed by atoms with van der Waals surface area (Å²) in [5.74, 6) is 1.27. The summed E-state index contributed by atoms with van der Waals surface area (Å²) < 4.78 is 27.4. The number of benzene rings is 2. The highest BCUT2D eigenvalue weighted by molar-refractivity contribution is 6.30. The average Bonchev–Trinajstić information content (AvgIpc) is 3.43. The summed E-state index contributed by atoms with van der Waals surface area (Å²) in [5, 5.41) is 2.18. The number of hydrogen-bond acceptors (Lipinski definition) is 8. The molecule has 0 atom stereocenters. The molecule has 2 heterocycles. The fourth-order valence-electron chi connectivity index (χ4n) is 3.58. The van der Waals surface area contributed by atoms with Crippen LogP contribution < -0.4 is 24.3 Å². The van der Waals surface area contributed by atoms with Gasteiger partial charge in [-0.05, 0) is 48.0 Å². The van der Waals surface area contributed by atoms with Gasteiger partial charge in [0.2, 0.25) is 0 Å². The number of imide groups is 2. The second-order valence-corrected chi connectivity index (χ2v) is 7.93. The van der Waals surface area contributed by atoms with Crippen molar-refractivity contribution >= 4 is 23.9 Å². The first-order chi connectivity index (χ1) is 18.0. The minimum absolute atomic E-state index is 0.0973. The van der Waals surface area contributed by atoms with E-state index in [2.05, 4.69) is 5.32 Å². The van der Waals surface area contributed by atoms with Gasteiger partial charge in [-0.25, -0.2) is 4.79 Å². The van der Waals surface area contributed by atoms with Gasteiger partial charge in [-0.2, -0.15) is 0 Å². The highest BCUT2D eigenvalue weighted by Crippen LogP contribution is 2.30. The van der Waals surface area contributed by atoms with Crippen LogP contribution in [0.2, 0.25) is 0 Å². The Bertz CT molecular complexity index is 1300. The molecule has 1 N–H and O–H groups in total. The number of rotatable bonds is 11. The maximum absolute atomic E-state index is 12.9. The van der Waals surface area contributed by atoms with Crippen molar-refractivity contribution in [3.63, 3.8) is 0 Å². The van der Waals surface area contributed by atoms with E-state index in [0.29, 0.717) is 48.2 Å². The number of nitrogens with zero attached hydrogens (tertiary/aromatic N) is 1. The number of ether oxygens (including phenoxy) is 4. The molecule has 4 amide bonds. The Hall–Kier alpha value is -4.73. The summed E-state index contributed by atoms with van der Waals surface area (Å²) in [6.45, 7) is 0.732. The lowest BCUT2D eigenvalue weighted by atomic mass is 10.1. The summed E-state index contributed by atoms with van der Waals surface area (Å²) in [4.78, 5) is 38.4. The Morgan fingerprint density at radius 1 is 0.892 bits per heavy atom. The van der Waals surface area contributed by atoms with E-state index in [1.807, 2.05) is 18.2 Å². The summed E-state index contributed by atoms with van der Waals surface area (Å²) in [6.07, 6.45) is 3.46. The SMILES string of the molecule is COc1cccc(OCCCOc2ccc(C=C3C(=O)NC(=O)N(Cc4ccco4)C3=O)cc2OC)c1. The monoisotopic (exact) mass is 506 g/mol. The lowest BCUT2D eigenvalue weighted by Gasteiger charge is -2.25. The Kier molecular flexibility index (Phi) is 8.09. The van der Waals surface area contributed by atoms with Crippen molar-refractivity contribution in [2.24, 2.45) is 0 Å². The van der Waals surface area contributed by atoms with Gasteiger partial charge in [-0.15, -0.1) is 0 Å². The van der Waals surface area contributed by atoms with Crippen molar-refractivity contribution in [2.45, 2.75) is 13.0 Å². The molecule has 2 aromatic carbocycles. The fourth-order valence-corrected chi connectivity index (χ4v) is 3.58. The van der Waals surface area contributed by atoms with Crippen molar-refractivity contribution in [1.29, 1.82) is 0 Å². The second kappa shape index (κ2) is 11.8. The van der Waals surface area contributed by atoms with Crippen molar-refractivity contribution in [3.8, 4) is 23.0 Å². The number of urea groups is 1. The minimum atomic E-state index is -0.805. The van der Waals surface area contributed by atoms with Crippen LogP contribution in [0.1, 0.15) is 17.7 Å². The highest BCUT2D eigenvalue weighted by Gasteiger charge is 2.36. The van der Waals surface area contributed by atoms with Gasteiger partial charge in [0.05, 0.1) is 40.2 Å². The summed E-state index contributed by atoms with van der Waals surface area (Å²) in [5.41, 5.74) is 0.341. The zero-order valence-electron chi connectivity index (χ0n) is 20.4. The molecule has 37 heavy (non-hydrogen) atoms. The maximum Gasteiger partial charge on any atom is 0.331 e. The van der Waals surface area contributed by atoms with Gasteiger partial charge in [0.15, 0.2) is 11.5 Å². The van der Waals surface area contributed by atoms with Gasteiger partial charge in [0.25, 0.3) is 11.8 Å². The molecule has 0 bridgehead atoms. The van der Waals surface area contributed by atoms with E-state index in [1.54, 1.807) is 43.5 Å². The Morgan fingerprint density at radius 2 is 1.70 bits per heavy atom. The first-order valence-electron chi connectivity index (χ1n) is 11.5. The lowest BCUT2D eigenvalue weighted by molar-refractivity contribution is -0.130. The third kappa shape index (κ3) is 6.29. The van der Waals surface area contributed by atoms with Crippen molar-refractivity contribution < 1.29 is 37.7 Å². The first kappa shape index (κ1) is 25.4.